The van der Waals surface area contributed by atoms with Crippen LogP contribution in [0, 0.1) is 46.3 Å². The van der Waals surface area contributed by atoms with E-state index in [2.05, 4.69) is 39.5 Å². The summed E-state index contributed by atoms with van der Waals surface area (Å²) in [6.07, 6.45) is 9.62. The summed E-state index contributed by atoms with van der Waals surface area (Å²) in [6.45, 7) is 13.0. The number of aliphatic carboxylic acids is 1. The van der Waals surface area contributed by atoms with Gasteiger partial charge in [0.05, 0.1) is 11.5 Å². The number of hydrogen-bond donors (Lipinski definition) is 2. The molecule has 0 aromatic carbocycles. The van der Waals surface area contributed by atoms with Gasteiger partial charge in [0, 0.05) is 18.1 Å². The Balaban J connectivity index is 1.50. The Labute approximate surface area is 189 Å². The second-order valence-electron chi connectivity index (χ2n) is 13.0. The van der Waals surface area contributed by atoms with Crippen LogP contribution in [0.15, 0.2) is 0 Å². The summed E-state index contributed by atoms with van der Waals surface area (Å²) in [5, 5.41) is 21.0. The number of hydrogen-bond acceptors (Lipinski definition) is 3. The van der Waals surface area contributed by atoms with Gasteiger partial charge < -0.3 is 10.2 Å². The maximum Gasteiger partial charge on any atom is 0.310 e. The van der Waals surface area contributed by atoms with Gasteiger partial charge in [0.1, 0.15) is 0 Å². The smallest absolute Gasteiger partial charge is 0.310 e. The molecule has 0 aromatic heterocycles. The molecule has 4 nitrogen and oxygen atoms in total. The Bertz CT molecular complexity index is 738. The van der Waals surface area contributed by atoms with E-state index in [9.17, 15) is 15.0 Å². The van der Waals surface area contributed by atoms with E-state index in [1.165, 1.54) is 25.7 Å². The molecule has 4 heteroatoms. The van der Waals surface area contributed by atoms with E-state index in [1.807, 2.05) is 0 Å². The Morgan fingerprint density at radius 3 is 2.42 bits per heavy atom. The number of aliphatic hydroxyl groups is 1. The molecule has 3 aliphatic carbocycles. The van der Waals surface area contributed by atoms with Crippen LogP contribution in [0.1, 0.15) is 92.4 Å². The highest BCUT2D eigenvalue weighted by molar-refractivity contribution is 5.76. The van der Waals surface area contributed by atoms with Crippen molar-refractivity contribution in [2.24, 2.45) is 46.3 Å². The average molecular weight is 432 g/mol. The fourth-order valence-electron chi connectivity index (χ4n) is 10.3. The molecule has 10 atom stereocenters. The molecule has 2 heterocycles. The zero-order chi connectivity index (χ0) is 22.3. The van der Waals surface area contributed by atoms with Gasteiger partial charge in [0.25, 0.3) is 0 Å². The van der Waals surface area contributed by atoms with Gasteiger partial charge >= 0.3 is 5.97 Å². The van der Waals surface area contributed by atoms with Gasteiger partial charge in [-0.2, -0.15) is 0 Å². The largest absolute Gasteiger partial charge is 0.481 e. The number of piperidine rings is 2. The number of carboxylic acid groups (broad SMARTS) is 1. The van der Waals surface area contributed by atoms with Crippen LogP contribution in [0.3, 0.4) is 0 Å². The fourth-order valence-corrected chi connectivity index (χ4v) is 10.3. The molecule has 3 saturated carbocycles. The lowest BCUT2D eigenvalue weighted by atomic mass is 9.45. The summed E-state index contributed by atoms with van der Waals surface area (Å²) in [5.41, 5.74) is 0.0138. The average Bonchev–Trinajstić information content (AvgIpc) is 3.13. The molecule has 2 saturated heterocycles. The van der Waals surface area contributed by atoms with E-state index in [0.29, 0.717) is 47.0 Å². The van der Waals surface area contributed by atoms with Crippen LogP contribution in [0.4, 0.5) is 0 Å². The molecule has 31 heavy (non-hydrogen) atoms. The third kappa shape index (κ3) is 2.82. The Morgan fingerprint density at radius 1 is 1.00 bits per heavy atom. The van der Waals surface area contributed by atoms with Crippen LogP contribution in [0.2, 0.25) is 0 Å². The second kappa shape index (κ2) is 7.19. The van der Waals surface area contributed by atoms with E-state index in [4.69, 9.17) is 0 Å². The molecule has 0 bridgehead atoms. The first-order valence-electron chi connectivity index (χ1n) is 13.2. The van der Waals surface area contributed by atoms with Crippen molar-refractivity contribution in [3.63, 3.8) is 0 Å². The van der Waals surface area contributed by atoms with Crippen molar-refractivity contribution < 1.29 is 15.0 Å². The van der Waals surface area contributed by atoms with Crippen LogP contribution < -0.4 is 0 Å². The maximum absolute atomic E-state index is 12.6. The second-order valence-corrected chi connectivity index (χ2v) is 13.0. The molecule has 5 fully saturated rings. The van der Waals surface area contributed by atoms with E-state index < -0.39 is 11.4 Å². The van der Waals surface area contributed by atoms with E-state index >= 15 is 0 Å². The summed E-state index contributed by atoms with van der Waals surface area (Å²) < 4.78 is 0. The van der Waals surface area contributed by atoms with Crippen molar-refractivity contribution in [1.29, 1.82) is 0 Å². The molecule has 5 aliphatic rings. The molecule has 2 N–H and O–H groups in total. The van der Waals surface area contributed by atoms with Crippen molar-refractivity contribution in [1.82, 2.24) is 4.90 Å². The summed E-state index contributed by atoms with van der Waals surface area (Å²) in [6, 6.07) is 0.438. The van der Waals surface area contributed by atoms with Crippen LogP contribution in [0.25, 0.3) is 0 Å². The summed E-state index contributed by atoms with van der Waals surface area (Å²) in [7, 11) is 0. The van der Waals surface area contributed by atoms with Gasteiger partial charge in [-0.25, -0.2) is 0 Å². The van der Waals surface area contributed by atoms with Crippen LogP contribution in [-0.2, 0) is 4.79 Å². The number of carbonyl (C=O) groups is 1. The maximum atomic E-state index is 12.6. The number of nitrogens with zero attached hydrogens (tertiary/aromatic N) is 1. The third-order valence-electron chi connectivity index (χ3n) is 11.9. The Morgan fingerprint density at radius 2 is 1.74 bits per heavy atom. The molecule has 2 aliphatic heterocycles. The fraction of sp³-hybridized carbons (Fsp3) is 0.963. The van der Waals surface area contributed by atoms with Gasteiger partial charge in [-0.1, -0.05) is 27.7 Å². The van der Waals surface area contributed by atoms with Crippen LogP contribution in [0.5, 0.6) is 0 Å². The zero-order valence-electron chi connectivity index (χ0n) is 20.4. The first kappa shape index (κ1) is 22.2. The normalized spacial score (nSPS) is 54.6. The van der Waals surface area contributed by atoms with Crippen molar-refractivity contribution in [3.8, 4) is 0 Å². The number of rotatable bonds is 2. The van der Waals surface area contributed by atoms with Gasteiger partial charge in [-0.3, -0.25) is 9.69 Å². The number of fused-ring (bicyclic) bond motifs is 7. The summed E-state index contributed by atoms with van der Waals surface area (Å²) in [5.74, 6) is 2.60. The zero-order valence-corrected chi connectivity index (χ0v) is 20.4. The van der Waals surface area contributed by atoms with Crippen LogP contribution in [-0.4, -0.2) is 45.3 Å². The molecule has 10 unspecified atom stereocenters. The summed E-state index contributed by atoms with van der Waals surface area (Å²) >= 11 is 0. The molecule has 0 spiro atoms. The van der Waals surface area contributed by atoms with E-state index in [1.54, 1.807) is 0 Å². The van der Waals surface area contributed by atoms with E-state index in [0.717, 1.165) is 38.6 Å². The molecular formula is C27H45NO3. The molecule has 0 radical (unpaired) electrons. The minimum atomic E-state index is -0.515. The minimum Gasteiger partial charge on any atom is -0.481 e. The first-order chi connectivity index (χ1) is 14.6. The lowest BCUT2D eigenvalue weighted by Gasteiger charge is -2.69. The van der Waals surface area contributed by atoms with Crippen molar-refractivity contribution >= 4 is 5.97 Å². The first-order valence-corrected chi connectivity index (χ1v) is 13.2. The van der Waals surface area contributed by atoms with Crippen molar-refractivity contribution in [2.75, 3.05) is 6.54 Å². The molecule has 0 amide bonds. The Hall–Kier alpha value is -0.610. The van der Waals surface area contributed by atoms with Gasteiger partial charge in [-0.15, -0.1) is 0 Å². The lowest BCUT2D eigenvalue weighted by molar-refractivity contribution is -0.205. The molecule has 176 valence electrons. The van der Waals surface area contributed by atoms with Crippen LogP contribution >= 0.6 is 0 Å². The molecular weight excluding hydrogens is 386 g/mol. The predicted molar refractivity (Wildman–Crippen MR) is 123 cm³/mol. The highest BCUT2D eigenvalue weighted by Crippen LogP contribution is 2.66. The predicted octanol–water partition coefficient (Wildman–Crippen LogP) is 5.19. The topological polar surface area (TPSA) is 60.8 Å². The Kier molecular flexibility index (Phi) is 5.15. The highest BCUT2D eigenvalue weighted by atomic mass is 16.4. The standard InChI is InChI=1S/C27H45NO3/c1-16(2)18-8-13-27(24(30)31)14-15-28-20(23(18)27)6-7-22-25(4)11-10-21(29)17(3)19(25)9-12-26(22,28)5/h16-23,29H,6-15H2,1-5H3,(H,30,31). The van der Waals surface area contributed by atoms with Crippen molar-refractivity contribution in [3.05, 3.63) is 0 Å². The SMILES string of the molecule is CC(C)C1CCC2(C(=O)O)CCN3C(CCC4C5(C)CCC(O)C(C)C5CCC43C)C12. The number of carboxylic acids is 1. The quantitative estimate of drug-likeness (QED) is 0.632. The van der Waals surface area contributed by atoms with Gasteiger partial charge in [0.15, 0.2) is 0 Å². The number of aliphatic hydroxyl groups excluding tert-OH is 1. The highest BCUT2D eigenvalue weighted by Gasteiger charge is 2.66. The van der Waals surface area contributed by atoms with Crippen molar-refractivity contribution in [2.45, 2.75) is 110 Å². The van der Waals surface area contributed by atoms with Gasteiger partial charge in [-0.05, 0) is 106 Å². The monoisotopic (exact) mass is 431 g/mol. The van der Waals surface area contributed by atoms with Gasteiger partial charge in [0.2, 0.25) is 0 Å². The third-order valence-corrected chi connectivity index (χ3v) is 11.9. The molecule has 5 rings (SSSR count). The minimum absolute atomic E-state index is 0.129. The van der Waals surface area contributed by atoms with E-state index in [-0.39, 0.29) is 11.6 Å². The summed E-state index contributed by atoms with van der Waals surface area (Å²) in [4.78, 5) is 15.5. The lowest BCUT2D eigenvalue weighted by Crippen LogP contribution is -2.72. The molecule has 0 aromatic rings.